The summed E-state index contributed by atoms with van der Waals surface area (Å²) in [5.41, 5.74) is 4.36. The molecule has 1 saturated heterocycles. The van der Waals surface area contributed by atoms with Crippen LogP contribution in [0.15, 0.2) is 18.2 Å². The number of anilines is 1. The number of nitrogens with zero attached hydrogens (tertiary/aromatic N) is 1. The van der Waals surface area contributed by atoms with Crippen LogP contribution in [0.2, 0.25) is 0 Å². The number of nitrogens with one attached hydrogen (secondary N) is 1. The molecule has 110 valence electrons. The van der Waals surface area contributed by atoms with E-state index in [0.717, 1.165) is 32.2 Å². The van der Waals surface area contributed by atoms with Crippen molar-refractivity contribution in [3.8, 4) is 0 Å². The Morgan fingerprint density at radius 1 is 1.30 bits per heavy atom. The van der Waals surface area contributed by atoms with Gasteiger partial charge in [-0.2, -0.15) is 0 Å². The smallest absolute Gasteiger partial charge is 0.0469 e. The third-order valence-corrected chi connectivity index (χ3v) is 4.60. The molecule has 1 aromatic carbocycles. The van der Waals surface area contributed by atoms with Crippen molar-refractivity contribution in [1.82, 2.24) is 5.32 Å². The van der Waals surface area contributed by atoms with Crippen LogP contribution in [0.25, 0.3) is 0 Å². The quantitative estimate of drug-likeness (QED) is 0.913. The summed E-state index contributed by atoms with van der Waals surface area (Å²) in [5, 5.41) is 3.62. The van der Waals surface area contributed by atoms with E-state index in [0.29, 0.717) is 0 Å². The molecular formula is C17H26N2O. The third-order valence-electron chi connectivity index (χ3n) is 4.60. The fraction of sp³-hybridized carbons (Fsp3) is 0.647. The van der Waals surface area contributed by atoms with E-state index >= 15 is 0 Å². The molecule has 1 N–H and O–H groups in total. The average Bonchev–Trinajstić information content (AvgIpc) is 2.48. The summed E-state index contributed by atoms with van der Waals surface area (Å²) in [6.45, 7) is 5.19. The zero-order chi connectivity index (χ0) is 13.8. The predicted octanol–water partition coefficient (Wildman–Crippen LogP) is 2.59. The van der Waals surface area contributed by atoms with Gasteiger partial charge in [0.2, 0.25) is 0 Å². The van der Waals surface area contributed by atoms with Crippen LogP contribution in [0.1, 0.15) is 30.4 Å². The topological polar surface area (TPSA) is 24.5 Å². The van der Waals surface area contributed by atoms with E-state index in [1.165, 1.54) is 49.0 Å². The molecule has 0 saturated carbocycles. The van der Waals surface area contributed by atoms with Gasteiger partial charge in [-0.1, -0.05) is 12.1 Å². The summed E-state index contributed by atoms with van der Waals surface area (Å²) in [4.78, 5) is 2.37. The third kappa shape index (κ3) is 3.33. The Kier molecular flexibility index (Phi) is 4.58. The van der Waals surface area contributed by atoms with Gasteiger partial charge < -0.3 is 15.0 Å². The van der Waals surface area contributed by atoms with Gasteiger partial charge in [-0.3, -0.25) is 0 Å². The van der Waals surface area contributed by atoms with Gasteiger partial charge in [0.05, 0.1) is 0 Å². The van der Waals surface area contributed by atoms with Crippen molar-refractivity contribution in [2.75, 3.05) is 38.3 Å². The summed E-state index contributed by atoms with van der Waals surface area (Å²) < 4.78 is 5.40. The Balaban J connectivity index is 1.52. The van der Waals surface area contributed by atoms with Gasteiger partial charge in [0.25, 0.3) is 0 Å². The molecule has 0 radical (unpaired) electrons. The van der Waals surface area contributed by atoms with Crippen molar-refractivity contribution < 1.29 is 4.74 Å². The van der Waals surface area contributed by atoms with Crippen LogP contribution in [-0.4, -0.2) is 33.4 Å². The number of rotatable bonds is 4. The van der Waals surface area contributed by atoms with E-state index in [-0.39, 0.29) is 0 Å². The maximum absolute atomic E-state index is 5.40. The fourth-order valence-electron chi connectivity index (χ4n) is 3.32. The van der Waals surface area contributed by atoms with Gasteiger partial charge >= 0.3 is 0 Å². The van der Waals surface area contributed by atoms with Crippen molar-refractivity contribution in [1.29, 1.82) is 0 Å². The van der Waals surface area contributed by atoms with E-state index in [4.69, 9.17) is 4.74 Å². The highest BCUT2D eigenvalue weighted by Crippen LogP contribution is 2.26. The Morgan fingerprint density at radius 2 is 2.15 bits per heavy atom. The fourth-order valence-corrected chi connectivity index (χ4v) is 3.32. The van der Waals surface area contributed by atoms with Crippen molar-refractivity contribution >= 4 is 5.69 Å². The minimum atomic E-state index is 0.799. The zero-order valence-electron chi connectivity index (χ0n) is 12.5. The second-order valence-electron chi connectivity index (χ2n) is 6.17. The number of aryl methyl sites for hydroxylation is 1. The predicted molar refractivity (Wildman–Crippen MR) is 83.3 cm³/mol. The Bertz CT molecular complexity index is 441. The van der Waals surface area contributed by atoms with Gasteiger partial charge in [-0.15, -0.1) is 0 Å². The summed E-state index contributed by atoms with van der Waals surface area (Å²) >= 11 is 0. The molecule has 0 spiro atoms. The minimum absolute atomic E-state index is 0.799. The number of fused-ring (bicyclic) bond motifs is 1. The summed E-state index contributed by atoms with van der Waals surface area (Å²) in [6, 6.07) is 6.96. The van der Waals surface area contributed by atoms with Crippen LogP contribution in [0.4, 0.5) is 5.69 Å². The molecule has 2 aliphatic heterocycles. The van der Waals surface area contributed by atoms with E-state index in [9.17, 15) is 0 Å². The normalized spacial score (nSPS) is 19.9. The maximum Gasteiger partial charge on any atom is 0.0469 e. The van der Waals surface area contributed by atoms with Gasteiger partial charge in [0, 0.05) is 39.0 Å². The standard InChI is InChI=1S/C17H26N2O/c1-19-8-2-3-16-11-15(4-5-17(16)19)13-18-12-14-6-9-20-10-7-14/h4-5,11,14,18H,2-3,6-10,12-13H2,1H3. The number of hydrogen-bond donors (Lipinski definition) is 1. The van der Waals surface area contributed by atoms with Gasteiger partial charge in [0.1, 0.15) is 0 Å². The number of benzene rings is 1. The lowest BCUT2D eigenvalue weighted by Crippen LogP contribution is -2.28. The first-order valence-electron chi connectivity index (χ1n) is 7.94. The highest BCUT2D eigenvalue weighted by atomic mass is 16.5. The largest absolute Gasteiger partial charge is 0.381 e. The lowest BCUT2D eigenvalue weighted by atomic mass is 9.99. The first kappa shape index (κ1) is 13.9. The molecule has 1 fully saturated rings. The van der Waals surface area contributed by atoms with Gasteiger partial charge in [0.15, 0.2) is 0 Å². The van der Waals surface area contributed by atoms with E-state index < -0.39 is 0 Å². The molecule has 0 aliphatic carbocycles. The van der Waals surface area contributed by atoms with E-state index in [2.05, 4.69) is 35.5 Å². The minimum Gasteiger partial charge on any atom is -0.381 e. The monoisotopic (exact) mass is 274 g/mol. The second-order valence-corrected chi connectivity index (χ2v) is 6.17. The van der Waals surface area contributed by atoms with Crippen LogP contribution >= 0.6 is 0 Å². The average molecular weight is 274 g/mol. The first-order chi connectivity index (χ1) is 9.83. The van der Waals surface area contributed by atoms with Gasteiger partial charge in [-0.25, -0.2) is 0 Å². The Labute approximate surface area is 122 Å². The number of hydrogen-bond acceptors (Lipinski definition) is 3. The van der Waals surface area contributed by atoms with Crippen LogP contribution in [-0.2, 0) is 17.7 Å². The van der Waals surface area contributed by atoms with E-state index in [1.54, 1.807) is 0 Å². The number of ether oxygens (including phenoxy) is 1. The summed E-state index contributed by atoms with van der Waals surface area (Å²) in [7, 11) is 2.20. The molecule has 20 heavy (non-hydrogen) atoms. The maximum atomic E-state index is 5.40. The highest BCUT2D eigenvalue weighted by Gasteiger charge is 2.15. The molecule has 3 rings (SSSR count). The molecule has 0 unspecified atom stereocenters. The molecule has 0 bridgehead atoms. The lowest BCUT2D eigenvalue weighted by molar-refractivity contribution is 0.0662. The molecule has 3 heteroatoms. The molecule has 0 aromatic heterocycles. The first-order valence-corrected chi connectivity index (χ1v) is 7.94. The molecule has 3 nitrogen and oxygen atoms in total. The van der Waals surface area contributed by atoms with Crippen molar-refractivity contribution in [2.24, 2.45) is 5.92 Å². The molecular weight excluding hydrogens is 248 g/mol. The molecule has 0 amide bonds. The van der Waals surface area contributed by atoms with E-state index in [1.807, 2.05) is 0 Å². The highest BCUT2D eigenvalue weighted by molar-refractivity contribution is 5.56. The van der Waals surface area contributed by atoms with Crippen LogP contribution in [0, 0.1) is 5.92 Å². The Hall–Kier alpha value is -1.06. The molecule has 2 heterocycles. The zero-order valence-corrected chi connectivity index (χ0v) is 12.5. The van der Waals surface area contributed by atoms with Crippen LogP contribution in [0.5, 0.6) is 0 Å². The molecule has 1 aromatic rings. The summed E-state index contributed by atoms with van der Waals surface area (Å²) in [6.07, 6.45) is 4.93. The van der Waals surface area contributed by atoms with Crippen molar-refractivity contribution in [3.63, 3.8) is 0 Å². The Morgan fingerprint density at radius 3 is 3.00 bits per heavy atom. The SMILES string of the molecule is CN1CCCc2cc(CNCC3CCOCC3)ccc21. The lowest BCUT2D eigenvalue weighted by Gasteiger charge is -2.28. The van der Waals surface area contributed by atoms with Crippen molar-refractivity contribution in [3.05, 3.63) is 29.3 Å². The molecule has 2 aliphatic rings. The molecule has 0 atom stereocenters. The van der Waals surface area contributed by atoms with Crippen LogP contribution in [0.3, 0.4) is 0 Å². The second kappa shape index (κ2) is 6.59. The van der Waals surface area contributed by atoms with Crippen LogP contribution < -0.4 is 10.2 Å². The van der Waals surface area contributed by atoms with Gasteiger partial charge in [-0.05, 0) is 55.3 Å². The van der Waals surface area contributed by atoms with Crippen molar-refractivity contribution in [2.45, 2.75) is 32.2 Å². The summed E-state index contributed by atoms with van der Waals surface area (Å²) in [5.74, 6) is 0.799.